The average Bonchev–Trinajstić information content (AvgIpc) is 3.25. The van der Waals surface area contributed by atoms with Crippen molar-refractivity contribution in [2.75, 3.05) is 5.32 Å². The molecule has 0 spiro atoms. The first-order valence-electron chi connectivity index (χ1n) is 9.37. The molecule has 13 heteroatoms. The van der Waals surface area contributed by atoms with Gasteiger partial charge in [-0.1, -0.05) is 0 Å². The molecule has 170 valence electrons. The summed E-state index contributed by atoms with van der Waals surface area (Å²) in [5.74, 6) is -2.98. The lowest BCUT2D eigenvalue weighted by atomic mass is 9.99. The highest BCUT2D eigenvalue weighted by Crippen LogP contribution is 2.29. The third kappa shape index (κ3) is 4.66. The van der Waals surface area contributed by atoms with Crippen LogP contribution in [0.25, 0.3) is 5.69 Å². The molecule has 0 radical (unpaired) electrons. The summed E-state index contributed by atoms with van der Waals surface area (Å²) in [4.78, 5) is 31.8. The number of nitrogens with zero attached hydrogens (tertiary/aromatic N) is 4. The highest BCUT2D eigenvalue weighted by atomic mass is 19.4. The number of anilines is 1. The quantitative estimate of drug-likeness (QED) is 0.405. The van der Waals surface area contributed by atoms with Crippen LogP contribution in [0, 0.1) is 5.82 Å². The van der Waals surface area contributed by atoms with Crippen LogP contribution in [-0.2, 0) is 15.8 Å². The van der Waals surface area contributed by atoms with Crippen LogP contribution in [0.5, 0.6) is 0 Å². The van der Waals surface area contributed by atoms with Crippen molar-refractivity contribution < 1.29 is 32.3 Å². The van der Waals surface area contributed by atoms with Crippen molar-refractivity contribution in [3.63, 3.8) is 0 Å². The Morgan fingerprint density at radius 3 is 2.67 bits per heavy atom. The van der Waals surface area contributed by atoms with E-state index in [4.69, 9.17) is 0 Å². The Morgan fingerprint density at radius 1 is 1.21 bits per heavy atom. The number of aromatic nitrogens is 4. The topological polar surface area (TPSA) is 122 Å². The number of aliphatic hydroxyl groups is 1. The normalized spacial score (nSPS) is 16.5. The molecular weight excluding hydrogens is 448 g/mol. The van der Waals surface area contributed by atoms with Gasteiger partial charge in [0, 0.05) is 18.8 Å². The van der Waals surface area contributed by atoms with Gasteiger partial charge in [-0.2, -0.15) is 18.3 Å². The van der Waals surface area contributed by atoms with Gasteiger partial charge in [-0.15, -0.1) is 0 Å². The Balaban J connectivity index is 1.52. The van der Waals surface area contributed by atoms with Gasteiger partial charge in [0.2, 0.25) is 0 Å². The fourth-order valence-corrected chi connectivity index (χ4v) is 3.13. The highest BCUT2D eigenvalue weighted by molar-refractivity contribution is 6.23. The molecule has 3 N–H and O–H groups in total. The molecule has 0 bridgehead atoms. The van der Waals surface area contributed by atoms with Crippen LogP contribution < -0.4 is 10.6 Å². The van der Waals surface area contributed by atoms with Crippen molar-refractivity contribution >= 4 is 17.6 Å². The summed E-state index contributed by atoms with van der Waals surface area (Å²) in [6, 6.07) is 5.02. The fraction of sp³-hybridized carbons (Fsp3) is 0.150. The van der Waals surface area contributed by atoms with Gasteiger partial charge in [-0.05, 0) is 30.3 Å². The smallest absolute Gasteiger partial charge is 0.433 e. The second-order valence-corrected chi connectivity index (χ2v) is 6.95. The first kappa shape index (κ1) is 21.9. The summed E-state index contributed by atoms with van der Waals surface area (Å²) in [7, 11) is 0. The minimum Gasteiger partial charge on any atom is -0.511 e. The fourth-order valence-electron chi connectivity index (χ4n) is 3.13. The van der Waals surface area contributed by atoms with E-state index in [9.17, 15) is 32.3 Å². The van der Waals surface area contributed by atoms with Gasteiger partial charge in [0.1, 0.15) is 28.7 Å². The predicted molar refractivity (Wildman–Crippen MR) is 104 cm³/mol. The maximum atomic E-state index is 12.9. The molecule has 1 aliphatic heterocycles. The van der Waals surface area contributed by atoms with Gasteiger partial charge in [0.25, 0.3) is 11.8 Å². The SMILES string of the molecule is O=C(Nc1ccc(F)cn1)C1=C(O)CC(c2ccn(-c3ccnc(C(F)(F)F)c3)n2)NC1=O. The monoisotopic (exact) mass is 462 g/mol. The van der Waals surface area contributed by atoms with E-state index in [1.54, 1.807) is 0 Å². The van der Waals surface area contributed by atoms with Crippen molar-refractivity contribution in [3.05, 3.63) is 77.5 Å². The molecule has 1 aliphatic rings. The number of carbonyl (C=O) groups excluding carboxylic acids is 2. The summed E-state index contributed by atoms with van der Waals surface area (Å²) in [6.07, 6.45) is -1.55. The summed E-state index contributed by atoms with van der Waals surface area (Å²) in [5.41, 5.74) is -1.28. The molecule has 1 unspecified atom stereocenters. The van der Waals surface area contributed by atoms with Gasteiger partial charge >= 0.3 is 6.18 Å². The van der Waals surface area contributed by atoms with Gasteiger partial charge in [0.15, 0.2) is 0 Å². The molecule has 0 saturated carbocycles. The lowest BCUT2D eigenvalue weighted by Crippen LogP contribution is -2.39. The Kier molecular flexibility index (Phi) is 5.54. The van der Waals surface area contributed by atoms with E-state index in [-0.39, 0.29) is 23.6 Å². The average molecular weight is 462 g/mol. The maximum Gasteiger partial charge on any atom is 0.433 e. The second-order valence-electron chi connectivity index (χ2n) is 6.95. The van der Waals surface area contributed by atoms with E-state index in [2.05, 4.69) is 25.7 Å². The third-order valence-corrected chi connectivity index (χ3v) is 4.68. The van der Waals surface area contributed by atoms with Gasteiger partial charge < -0.3 is 15.7 Å². The van der Waals surface area contributed by atoms with Gasteiger partial charge in [-0.3, -0.25) is 14.6 Å². The minimum atomic E-state index is -4.62. The lowest BCUT2D eigenvalue weighted by molar-refractivity contribution is -0.141. The van der Waals surface area contributed by atoms with Crippen LogP contribution in [0.2, 0.25) is 0 Å². The van der Waals surface area contributed by atoms with Crippen LogP contribution in [0.3, 0.4) is 0 Å². The van der Waals surface area contributed by atoms with E-state index in [0.29, 0.717) is 0 Å². The number of alkyl halides is 3. The van der Waals surface area contributed by atoms with Crippen LogP contribution in [-0.4, -0.2) is 36.7 Å². The van der Waals surface area contributed by atoms with E-state index in [0.717, 1.165) is 24.5 Å². The molecule has 0 aromatic carbocycles. The van der Waals surface area contributed by atoms with E-state index in [1.807, 2.05) is 0 Å². The summed E-state index contributed by atoms with van der Waals surface area (Å²) in [5, 5.41) is 19.3. The Labute approximate surface area is 182 Å². The number of nitrogens with one attached hydrogen (secondary N) is 2. The zero-order chi connectivity index (χ0) is 23.8. The number of pyridine rings is 2. The number of carbonyl (C=O) groups is 2. The number of amides is 2. The molecular formula is C20H14F4N6O3. The first-order chi connectivity index (χ1) is 15.6. The van der Waals surface area contributed by atoms with Crippen molar-refractivity contribution in [3.8, 4) is 5.69 Å². The summed E-state index contributed by atoms with van der Waals surface area (Å²) < 4.78 is 52.8. The van der Waals surface area contributed by atoms with E-state index in [1.165, 1.54) is 29.1 Å². The Hall–Kier alpha value is -4.29. The standard InChI is InChI=1S/C20H14F4N6O3/c21-10-1-2-16(26-9-10)28-19(33)17-14(31)8-13(27-18(17)32)12-4-6-30(29-12)11-3-5-25-15(7-11)20(22,23)24/h1-7,9,13,31H,8H2,(H,27,32)(H,26,28,33). The highest BCUT2D eigenvalue weighted by Gasteiger charge is 2.34. The largest absolute Gasteiger partial charge is 0.511 e. The molecule has 1 atom stereocenters. The molecule has 2 amide bonds. The molecule has 33 heavy (non-hydrogen) atoms. The lowest BCUT2D eigenvalue weighted by Gasteiger charge is -2.23. The molecule has 3 aromatic heterocycles. The van der Waals surface area contributed by atoms with Crippen LogP contribution in [0.1, 0.15) is 23.9 Å². The molecule has 4 rings (SSSR count). The number of hydrogen-bond donors (Lipinski definition) is 3. The molecule has 0 saturated heterocycles. The van der Waals surface area contributed by atoms with E-state index < -0.39 is 46.9 Å². The Morgan fingerprint density at radius 2 is 2.00 bits per heavy atom. The van der Waals surface area contributed by atoms with Gasteiger partial charge in [-0.25, -0.2) is 14.1 Å². The molecule has 0 aliphatic carbocycles. The molecule has 0 fully saturated rings. The Bertz CT molecular complexity index is 1250. The summed E-state index contributed by atoms with van der Waals surface area (Å²) >= 11 is 0. The van der Waals surface area contributed by atoms with E-state index >= 15 is 0 Å². The number of aliphatic hydroxyl groups excluding tert-OH is 1. The molecule has 9 nitrogen and oxygen atoms in total. The zero-order valence-corrected chi connectivity index (χ0v) is 16.5. The van der Waals surface area contributed by atoms with Crippen molar-refractivity contribution in [2.24, 2.45) is 0 Å². The van der Waals surface area contributed by atoms with Crippen LogP contribution >= 0.6 is 0 Å². The number of halogens is 4. The van der Waals surface area contributed by atoms with Gasteiger partial charge in [0.05, 0.1) is 23.6 Å². The minimum absolute atomic E-state index is 0.0223. The van der Waals surface area contributed by atoms with Crippen LogP contribution in [0.4, 0.5) is 23.4 Å². The number of rotatable bonds is 4. The van der Waals surface area contributed by atoms with Crippen molar-refractivity contribution in [2.45, 2.75) is 18.6 Å². The predicted octanol–water partition coefficient (Wildman–Crippen LogP) is 2.83. The summed E-state index contributed by atoms with van der Waals surface area (Å²) in [6.45, 7) is 0. The zero-order valence-electron chi connectivity index (χ0n) is 16.5. The molecule has 4 heterocycles. The third-order valence-electron chi connectivity index (χ3n) is 4.68. The first-order valence-corrected chi connectivity index (χ1v) is 9.37. The maximum absolute atomic E-state index is 12.9. The van der Waals surface area contributed by atoms with Crippen molar-refractivity contribution in [1.82, 2.24) is 25.1 Å². The second kappa shape index (κ2) is 8.33. The number of hydrogen-bond acceptors (Lipinski definition) is 6. The van der Waals surface area contributed by atoms with Crippen LogP contribution in [0.15, 0.2) is 60.3 Å². The molecule has 3 aromatic rings. The van der Waals surface area contributed by atoms with Crippen molar-refractivity contribution in [1.29, 1.82) is 0 Å².